The number of nitrogens with one attached hydrogen (secondary N) is 2. The molecule has 0 bridgehead atoms. The summed E-state index contributed by atoms with van der Waals surface area (Å²) in [5.41, 5.74) is -0.407. The molecule has 1 aliphatic heterocycles. The molecule has 0 aromatic carbocycles. The SMILES string of the molecule is CCC1(C(=O)NC(C)c2ncc(C)o2)CCCN1. The zero-order valence-electron chi connectivity index (χ0n) is 11.2. The fourth-order valence-electron chi connectivity index (χ4n) is 2.43. The zero-order chi connectivity index (χ0) is 13.2. The van der Waals surface area contributed by atoms with Crippen LogP contribution in [0.5, 0.6) is 0 Å². The molecule has 1 aliphatic rings. The number of oxazole rings is 1. The molecule has 5 heteroatoms. The summed E-state index contributed by atoms with van der Waals surface area (Å²) < 4.78 is 5.43. The third-order valence-corrected chi connectivity index (χ3v) is 3.64. The normalized spacial score (nSPS) is 25.1. The Morgan fingerprint density at radius 1 is 1.72 bits per heavy atom. The van der Waals surface area contributed by atoms with E-state index < -0.39 is 5.54 Å². The minimum absolute atomic E-state index is 0.0471. The third-order valence-electron chi connectivity index (χ3n) is 3.64. The highest BCUT2D eigenvalue weighted by Gasteiger charge is 2.39. The van der Waals surface area contributed by atoms with E-state index >= 15 is 0 Å². The highest BCUT2D eigenvalue weighted by molar-refractivity contribution is 5.86. The first-order valence-electron chi connectivity index (χ1n) is 6.56. The second-order valence-corrected chi connectivity index (χ2v) is 4.97. The van der Waals surface area contributed by atoms with Crippen molar-refractivity contribution < 1.29 is 9.21 Å². The molecule has 1 aromatic rings. The summed E-state index contributed by atoms with van der Waals surface area (Å²) in [4.78, 5) is 16.5. The molecule has 1 saturated heterocycles. The minimum Gasteiger partial charge on any atom is -0.444 e. The van der Waals surface area contributed by atoms with Crippen molar-refractivity contribution in [2.45, 2.75) is 51.6 Å². The Kier molecular flexibility index (Phi) is 3.71. The maximum Gasteiger partial charge on any atom is 0.240 e. The van der Waals surface area contributed by atoms with E-state index in [1.807, 2.05) is 20.8 Å². The summed E-state index contributed by atoms with van der Waals surface area (Å²) in [5, 5.41) is 6.30. The van der Waals surface area contributed by atoms with E-state index in [9.17, 15) is 4.79 Å². The Morgan fingerprint density at radius 2 is 2.50 bits per heavy atom. The van der Waals surface area contributed by atoms with Gasteiger partial charge < -0.3 is 15.1 Å². The van der Waals surface area contributed by atoms with E-state index in [1.54, 1.807) is 6.20 Å². The summed E-state index contributed by atoms with van der Waals surface area (Å²) in [7, 11) is 0. The number of hydrogen-bond acceptors (Lipinski definition) is 4. The second-order valence-electron chi connectivity index (χ2n) is 4.97. The van der Waals surface area contributed by atoms with Crippen molar-refractivity contribution in [3.05, 3.63) is 17.8 Å². The lowest BCUT2D eigenvalue weighted by Gasteiger charge is -2.27. The summed E-state index contributed by atoms with van der Waals surface area (Å²) in [6.45, 7) is 6.68. The fourth-order valence-corrected chi connectivity index (χ4v) is 2.43. The second kappa shape index (κ2) is 5.10. The lowest BCUT2D eigenvalue weighted by atomic mass is 9.93. The monoisotopic (exact) mass is 251 g/mol. The molecule has 0 spiro atoms. The molecule has 2 N–H and O–H groups in total. The van der Waals surface area contributed by atoms with E-state index in [1.165, 1.54) is 0 Å². The molecular weight excluding hydrogens is 230 g/mol. The van der Waals surface area contributed by atoms with Gasteiger partial charge in [-0.2, -0.15) is 0 Å². The van der Waals surface area contributed by atoms with Gasteiger partial charge in [0.15, 0.2) is 0 Å². The van der Waals surface area contributed by atoms with Crippen molar-refractivity contribution in [3.63, 3.8) is 0 Å². The Morgan fingerprint density at radius 3 is 3.00 bits per heavy atom. The van der Waals surface area contributed by atoms with Gasteiger partial charge in [0.05, 0.1) is 11.7 Å². The smallest absolute Gasteiger partial charge is 0.240 e. The van der Waals surface area contributed by atoms with Gasteiger partial charge in [0, 0.05) is 0 Å². The predicted molar refractivity (Wildman–Crippen MR) is 68.1 cm³/mol. The average Bonchev–Trinajstić information content (AvgIpc) is 2.97. The van der Waals surface area contributed by atoms with Crippen LogP contribution in [-0.4, -0.2) is 23.0 Å². The van der Waals surface area contributed by atoms with E-state index in [0.717, 1.165) is 31.6 Å². The van der Waals surface area contributed by atoms with Crippen molar-refractivity contribution in [2.24, 2.45) is 0 Å². The largest absolute Gasteiger partial charge is 0.444 e. The average molecular weight is 251 g/mol. The molecule has 2 atom stereocenters. The molecule has 18 heavy (non-hydrogen) atoms. The number of aryl methyl sites for hydroxylation is 1. The number of carbonyl (C=O) groups excluding carboxylic acids is 1. The predicted octanol–water partition coefficient (Wildman–Crippen LogP) is 1.69. The van der Waals surface area contributed by atoms with Crippen molar-refractivity contribution >= 4 is 5.91 Å². The molecule has 1 amide bonds. The Labute approximate surface area is 107 Å². The van der Waals surface area contributed by atoms with Crippen LogP contribution in [0.2, 0.25) is 0 Å². The number of hydrogen-bond donors (Lipinski definition) is 2. The number of nitrogens with zero attached hydrogens (tertiary/aromatic N) is 1. The van der Waals surface area contributed by atoms with Crippen LogP contribution in [-0.2, 0) is 4.79 Å². The molecule has 0 aliphatic carbocycles. The van der Waals surface area contributed by atoms with Gasteiger partial charge in [-0.15, -0.1) is 0 Å². The third kappa shape index (κ3) is 2.41. The van der Waals surface area contributed by atoms with Crippen LogP contribution >= 0.6 is 0 Å². The lowest BCUT2D eigenvalue weighted by molar-refractivity contribution is -0.128. The van der Waals surface area contributed by atoms with Gasteiger partial charge in [-0.05, 0) is 39.7 Å². The van der Waals surface area contributed by atoms with Gasteiger partial charge in [-0.3, -0.25) is 4.79 Å². The van der Waals surface area contributed by atoms with Crippen LogP contribution in [0, 0.1) is 6.92 Å². The first-order chi connectivity index (χ1) is 8.57. The Balaban J connectivity index is 2.02. The van der Waals surface area contributed by atoms with E-state index in [4.69, 9.17) is 4.42 Å². The molecular formula is C13H21N3O2. The standard InChI is InChI=1S/C13H21N3O2/c1-4-13(6-5-7-15-13)12(17)16-10(3)11-14-8-9(2)18-11/h8,10,15H,4-7H2,1-3H3,(H,16,17). The molecule has 1 fully saturated rings. The molecule has 1 aromatic heterocycles. The lowest BCUT2D eigenvalue weighted by Crippen LogP contribution is -2.53. The maximum atomic E-state index is 12.3. The van der Waals surface area contributed by atoms with Crippen LogP contribution in [0.15, 0.2) is 10.6 Å². The van der Waals surface area contributed by atoms with Crippen molar-refractivity contribution in [1.82, 2.24) is 15.6 Å². The fraction of sp³-hybridized carbons (Fsp3) is 0.692. The highest BCUT2D eigenvalue weighted by atomic mass is 16.4. The van der Waals surface area contributed by atoms with Gasteiger partial charge in [-0.25, -0.2) is 4.98 Å². The summed E-state index contributed by atoms with van der Waals surface area (Å²) in [6, 6.07) is -0.197. The Bertz CT molecular complexity index is 422. The minimum atomic E-state index is -0.407. The maximum absolute atomic E-state index is 12.3. The van der Waals surface area contributed by atoms with E-state index in [2.05, 4.69) is 15.6 Å². The molecule has 2 heterocycles. The zero-order valence-corrected chi connectivity index (χ0v) is 11.2. The quantitative estimate of drug-likeness (QED) is 0.854. The van der Waals surface area contributed by atoms with Crippen LogP contribution in [0.3, 0.4) is 0 Å². The highest BCUT2D eigenvalue weighted by Crippen LogP contribution is 2.24. The molecule has 5 nitrogen and oxygen atoms in total. The van der Waals surface area contributed by atoms with Gasteiger partial charge >= 0.3 is 0 Å². The van der Waals surface area contributed by atoms with Crippen LogP contribution in [0.4, 0.5) is 0 Å². The van der Waals surface area contributed by atoms with Gasteiger partial charge in [-0.1, -0.05) is 6.92 Å². The first kappa shape index (κ1) is 13.1. The number of amides is 1. The molecule has 2 rings (SSSR count). The van der Waals surface area contributed by atoms with Crippen molar-refractivity contribution in [2.75, 3.05) is 6.54 Å². The summed E-state index contributed by atoms with van der Waals surface area (Å²) in [5.74, 6) is 1.37. The summed E-state index contributed by atoms with van der Waals surface area (Å²) in [6.07, 6.45) is 4.41. The first-order valence-corrected chi connectivity index (χ1v) is 6.56. The van der Waals surface area contributed by atoms with Crippen molar-refractivity contribution in [3.8, 4) is 0 Å². The molecule has 0 saturated carbocycles. The number of carbonyl (C=O) groups is 1. The van der Waals surface area contributed by atoms with E-state index in [-0.39, 0.29) is 11.9 Å². The van der Waals surface area contributed by atoms with Gasteiger partial charge in [0.25, 0.3) is 0 Å². The summed E-state index contributed by atoms with van der Waals surface area (Å²) >= 11 is 0. The molecule has 100 valence electrons. The number of rotatable bonds is 4. The van der Waals surface area contributed by atoms with E-state index in [0.29, 0.717) is 5.89 Å². The topological polar surface area (TPSA) is 67.2 Å². The Hall–Kier alpha value is -1.36. The van der Waals surface area contributed by atoms with Crippen LogP contribution in [0.1, 0.15) is 50.8 Å². The van der Waals surface area contributed by atoms with Gasteiger partial charge in [0.1, 0.15) is 11.8 Å². The van der Waals surface area contributed by atoms with Gasteiger partial charge in [0.2, 0.25) is 11.8 Å². The molecule has 0 radical (unpaired) electrons. The van der Waals surface area contributed by atoms with Crippen molar-refractivity contribution in [1.29, 1.82) is 0 Å². The van der Waals surface area contributed by atoms with Crippen LogP contribution in [0.25, 0.3) is 0 Å². The molecule has 2 unspecified atom stereocenters. The number of aromatic nitrogens is 1. The van der Waals surface area contributed by atoms with Crippen LogP contribution < -0.4 is 10.6 Å².